The van der Waals surface area contributed by atoms with Gasteiger partial charge in [0.15, 0.2) is 0 Å². The molecule has 1 aliphatic rings. The van der Waals surface area contributed by atoms with Crippen molar-refractivity contribution in [3.63, 3.8) is 0 Å². The molecule has 1 amide bonds. The lowest BCUT2D eigenvalue weighted by atomic mass is 10.1. The van der Waals surface area contributed by atoms with Crippen LogP contribution in [0.1, 0.15) is 12.5 Å². The van der Waals surface area contributed by atoms with Crippen molar-refractivity contribution in [1.29, 1.82) is 0 Å². The lowest BCUT2D eigenvalue weighted by molar-refractivity contribution is -0.117. The second-order valence-electron chi connectivity index (χ2n) is 6.98. The smallest absolute Gasteiger partial charge is 0.238 e. The fourth-order valence-corrected chi connectivity index (χ4v) is 3.46. The average molecular weight is 402 g/mol. The van der Waals surface area contributed by atoms with Gasteiger partial charge in [-0.1, -0.05) is 36.7 Å². The van der Waals surface area contributed by atoms with Gasteiger partial charge in [0.1, 0.15) is 12.4 Å². The first-order chi connectivity index (χ1) is 13.6. The maximum absolute atomic E-state index is 12.4. The molecule has 0 aromatic heterocycles. The van der Waals surface area contributed by atoms with E-state index in [9.17, 15) is 4.79 Å². The number of ether oxygens (including phenoxy) is 1. The van der Waals surface area contributed by atoms with E-state index in [4.69, 9.17) is 16.3 Å². The summed E-state index contributed by atoms with van der Waals surface area (Å²) in [5.74, 6) is 0.896. The second-order valence-corrected chi connectivity index (χ2v) is 7.42. The highest BCUT2D eigenvalue weighted by Gasteiger charge is 2.19. The number of amides is 1. The monoisotopic (exact) mass is 401 g/mol. The predicted octanol–water partition coefficient (Wildman–Crippen LogP) is 3.54. The largest absolute Gasteiger partial charge is 0.492 e. The Kier molecular flexibility index (Phi) is 7.71. The number of piperazine rings is 1. The molecule has 0 unspecified atom stereocenters. The summed E-state index contributed by atoms with van der Waals surface area (Å²) in [4.78, 5) is 17.0. The number of nitrogens with zero attached hydrogens (tertiary/aromatic N) is 2. The van der Waals surface area contributed by atoms with Crippen LogP contribution < -0.4 is 10.1 Å². The van der Waals surface area contributed by atoms with E-state index >= 15 is 0 Å². The van der Waals surface area contributed by atoms with Gasteiger partial charge in [-0.05, 0) is 42.3 Å². The van der Waals surface area contributed by atoms with Crippen LogP contribution in [0.5, 0.6) is 5.75 Å². The number of hydrogen-bond donors (Lipinski definition) is 1. The molecule has 0 saturated carbocycles. The van der Waals surface area contributed by atoms with Crippen LogP contribution in [0.15, 0.2) is 48.5 Å². The molecule has 3 rings (SSSR count). The lowest BCUT2D eigenvalue weighted by Crippen LogP contribution is -2.49. The number of hydrogen-bond acceptors (Lipinski definition) is 4. The molecule has 1 saturated heterocycles. The highest BCUT2D eigenvalue weighted by Crippen LogP contribution is 2.16. The van der Waals surface area contributed by atoms with E-state index in [0.29, 0.717) is 18.2 Å². The van der Waals surface area contributed by atoms with Crippen LogP contribution in [0.3, 0.4) is 0 Å². The minimum Gasteiger partial charge on any atom is -0.492 e. The summed E-state index contributed by atoms with van der Waals surface area (Å²) in [6, 6.07) is 15.4. The number of carbonyl (C=O) groups excluding carboxylic acids is 1. The van der Waals surface area contributed by atoms with Crippen molar-refractivity contribution in [3.8, 4) is 5.75 Å². The fraction of sp³-hybridized carbons (Fsp3) is 0.409. The number of aryl methyl sites for hydroxylation is 1. The predicted molar refractivity (Wildman–Crippen MR) is 114 cm³/mol. The zero-order valence-electron chi connectivity index (χ0n) is 16.4. The molecular formula is C22H28ClN3O2. The zero-order chi connectivity index (χ0) is 19.8. The Morgan fingerprint density at radius 1 is 1.04 bits per heavy atom. The summed E-state index contributed by atoms with van der Waals surface area (Å²) in [5.41, 5.74) is 2.09. The van der Waals surface area contributed by atoms with E-state index in [1.807, 2.05) is 42.5 Å². The van der Waals surface area contributed by atoms with Gasteiger partial charge in [-0.3, -0.25) is 14.6 Å². The fourth-order valence-electron chi connectivity index (χ4n) is 3.34. The summed E-state index contributed by atoms with van der Waals surface area (Å²) in [6.07, 6.45) is 0.910. The van der Waals surface area contributed by atoms with E-state index in [-0.39, 0.29) is 5.91 Å². The Morgan fingerprint density at radius 3 is 2.43 bits per heavy atom. The van der Waals surface area contributed by atoms with Gasteiger partial charge < -0.3 is 10.1 Å². The van der Waals surface area contributed by atoms with Crippen LogP contribution in [-0.4, -0.2) is 61.6 Å². The average Bonchev–Trinajstić information content (AvgIpc) is 2.71. The molecule has 150 valence electrons. The molecule has 6 heteroatoms. The minimum atomic E-state index is 0.0559. The Morgan fingerprint density at radius 2 is 1.71 bits per heavy atom. The molecule has 1 heterocycles. The minimum absolute atomic E-state index is 0.0559. The van der Waals surface area contributed by atoms with Gasteiger partial charge in [0.05, 0.1) is 6.54 Å². The van der Waals surface area contributed by atoms with Gasteiger partial charge in [-0.2, -0.15) is 0 Å². The molecule has 0 atom stereocenters. The molecule has 1 aliphatic heterocycles. The number of rotatable bonds is 8. The molecule has 0 bridgehead atoms. The topological polar surface area (TPSA) is 44.8 Å². The van der Waals surface area contributed by atoms with Crippen molar-refractivity contribution < 1.29 is 9.53 Å². The zero-order valence-corrected chi connectivity index (χ0v) is 17.1. The van der Waals surface area contributed by atoms with Crippen molar-refractivity contribution in [2.45, 2.75) is 13.3 Å². The normalized spacial score (nSPS) is 15.4. The van der Waals surface area contributed by atoms with Crippen molar-refractivity contribution in [2.75, 3.05) is 51.2 Å². The maximum atomic E-state index is 12.4. The van der Waals surface area contributed by atoms with Crippen LogP contribution in [0.2, 0.25) is 5.02 Å². The SMILES string of the molecule is CCc1ccccc1NC(=O)CN1CCN(CCOc2ccc(Cl)cc2)CC1. The van der Waals surface area contributed by atoms with E-state index in [1.165, 1.54) is 5.56 Å². The van der Waals surface area contributed by atoms with Gasteiger partial charge in [0.25, 0.3) is 0 Å². The first kappa shape index (κ1) is 20.6. The molecule has 1 N–H and O–H groups in total. The van der Waals surface area contributed by atoms with Gasteiger partial charge in [0.2, 0.25) is 5.91 Å². The Hall–Kier alpha value is -2.08. The molecular weight excluding hydrogens is 374 g/mol. The molecule has 2 aromatic rings. The van der Waals surface area contributed by atoms with Crippen LogP contribution in [-0.2, 0) is 11.2 Å². The van der Waals surface area contributed by atoms with Gasteiger partial charge in [-0.25, -0.2) is 0 Å². The van der Waals surface area contributed by atoms with Crippen LogP contribution in [0, 0.1) is 0 Å². The van der Waals surface area contributed by atoms with Crippen molar-refractivity contribution in [1.82, 2.24) is 9.80 Å². The van der Waals surface area contributed by atoms with Crippen molar-refractivity contribution in [2.24, 2.45) is 0 Å². The quantitative estimate of drug-likeness (QED) is 0.734. The lowest BCUT2D eigenvalue weighted by Gasteiger charge is -2.34. The standard InChI is InChI=1S/C22H28ClN3O2/c1-2-18-5-3-4-6-21(18)24-22(27)17-26-13-11-25(12-14-26)15-16-28-20-9-7-19(23)8-10-20/h3-10H,2,11-17H2,1H3,(H,24,27). The summed E-state index contributed by atoms with van der Waals surface area (Å²) in [6.45, 7) is 7.75. The number of para-hydroxylation sites is 1. The third-order valence-electron chi connectivity index (χ3n) is 4.99. The molecule has 0 aliphatic carbocycles. The van der Waals surface area contributed by atoms with Gasteiger partial charge in [0, 0.05) is 43.4 Å². The first-order valence-corrected chi connectivity index (χ1v) is 10.2. The van der Waals surface area contributed by atoms with Crippen molar-refractivity contribution in [3.05, 3.63) is 59.1 Å². The number of benzene rings is 2. The van der Waals surface area contributed by atoms with E-state index < -0.39 is 0 Å². The van der Waals surface area contributed by atoms with E-state index in [1.54, 1.807) is 0 Å². The highest BCUT2D eigenvalue weighted by atomic mass is 35.5. The third kappa shape index (κ3) is 6.23. The summed E-state index contributed by atoms with van der Waals surface area (Å²) < 4.78 is 5.77. The number of anilines is 1. The first-order valence-electron chi connectivity index (χ1n) is 9.85. The Bertz CT molecular complexity index is 759. The maximum Gasteiger partial charge on any atom is 0.238 e. The molecule has 1 fully saturated rings. The molecule has 5 nitrogen and oxygen atoms in total. The molecule has 0 spiro atoms. The number of halogens is 1. The summed E-state index contributed by atoms with van der Waals surface area (Å²) >= 11 is 5.88. The van der Waals surface area contributed by atoms with Crippen LogP contribution in [0.4, 0.5) is 5.69 Å². The number of nitrogens with one attached hydrogen (secondary N) is 1. The summed E-state index contributed by atoms with van der Waals surface area (Å²) in [5, 5.41) is 3.77. The van der Waals surface area contributed by atoms with E-state index in [0.717, 1.165) is 50.6 Å². The van der Waals surface area contributed by atoms with Crippen LogP contribution >= 0.6 is 11.6 Å². The van der Waals surface area contributed by atoms with Crippen LogP contribution in [0.25, 0.3) is 0 Å². The summed E-state index contributed by atoms with van der Waals surface area (Å²) in [7, 11) is 0. The highest BCUT2D eigenvalue weighted by molar-refractivity contribution is 6.30. The Balaban J connectivity index is 1.35. The third-order valence-corrected chi connectivity index (χ3v) is 5.25. The molecule has 0 radical (unpaired) electrons. The van der Waals surface area contributed by atoms with Gasteiger partial charge >= 0.3 is 0 Å². The molecule has 2 aromatic carbocycles. The van der Waals surface area contributed by atoms with Crippen molar-refractivity contribution >= 4 is 23.2 Å². The number of carbonyl (C=O) groups is 1. The van der Waals surface area contributed by atoms with E-state index in [2.05, 4.69) is 28.1 Å². The second kappa shape index (κ2) is 10.5. The Labute approximate surface area is 172 Å². The van der Waals surface area contributed by atoms with Gasteiger partial charge in [-0.15, -0.1) is 0 Å². The molecule has 28 heavy (non-hydrogen) atoms.